The first-order chi connectivity index (χ1) is 15.1. The second-order valence-corrected chi connectivity index (χ2v) is 9.68. The van der Waals surface area contributed by atoms with Gasteiger partial charge in [0.1, 0.15) is 11.7 Å². The van der Waals surface area contributed by atoms with Gasteiger partial charge in [0.05, 0.1) is 35.5 Å². The number of ether oxygens (including phenoxy) is 2. The number of aromatic nitrogens is 2. The molecule has 1 saturated heterocycles. The first-order valence-electron chi connectivity index (χ1n) is 10.2. The number of methoxy groups -OCH3 is 1. The van der Waals surface area contributed by atoms with Crippen molar-refractivity contribution in [2.45, 2.75) is 25.7 Å². The first kappa shape index (κ1) is 20.2. The van der Waals surface area contributed by atoms with E-state index in [2.05, 4.69) is 20.2 Å². The number of amides is 1. The quantitative estimate of drug-likeness (QED) is 0.566. The van der Waals surface area contributed by atoms with Crippen molar-refractivity contribution in [2.24, 2.45) is 5.92 Å². The Morgan fingerprint density at radius 3 is 2.87 bits per heavy atom. The van der Waals surface area contributed by atoms with Crippen LogP contribution in [-0.4, -0.2) is 48.7 Å². The molecule has 0 bridgehead atoms. The van der Waals surface area contributed by atoms with Crippen LogP contribution in [0.4, 0.5) is 10.3 Å². The highest BCUT2D eigenvalue weighted by Crippen LogP contribution is 2.39. The standard InChI is InChI=1S/C21H22N4O4S2/c1-3-29-19(27)13-5-7-16-17(13)23-20(30-16)24-18(26)11-9-25(10-11)21-22-14-8-12(28-2)4-6-15(14)31-21/h4,6,8,11,13H,3,5,7,9-10H2,1-2H3,(H,23,24,26). The number of benzene rings is 1. The molecular weight excluding hydrogens is 436 g/mol. The minimum Gasteiger partial charge on any atom is -0.497 e. The van der Waals surface area contributed by atoms with Gasteiger partial charge in [-0.2, -0.15) is 0 Å². The van der Waals surface area contributed by atoms with Crippen molar-refractivity contribution in [3.05, 3.63) is 28.8 Å². The number of aryl methyl sites for hydroxylation is 1. The molecule has 1 aliphatic carbocycles. The fourth-order valence-corrected chi connectivity index (χ4v) is 5.92. The molecule has 2 aliphatic rings. The van der Waals surface area contributed by atoms with Crippen molar-refractivity contribution < 1.29 is 19.1 Å². The van der Waals surface area contributed by atoms with Gasteiger partial charge in [-0.1, -0.05) is 11.3 Å². The average Bonchev–Trinajstić information content (AvgIpc) is 3.39. The molecule has 0 saturated carbocycles. The average molecular weight is 459 g/mol. The van der Waals surface area contributed by atoms with Gasteiger partial charge in [0.15, 0.2) is 10.3 Å². The summed E-state index contributed by atoms with van der Waals surface area (Å²) in [6, 6.07) is 5.85. The van der Waals surface area contributed by atoms with E-state index in [0.717, 1.165) is 44.5 Å². The minimum absolute atomic E-state index is 0.0425. The van der Waals surface area contributed by atoms with Gasteiger partial charge in [-0.05, 0) is 31.9 Å². The third-order valence-corrected chi connectivity index (χ3v) is 7.77. The molecule has 3 heterocycles. The summed E-state index contributed by atoms with van der Waals surface area (Å²) < 4.78 is 11.5. The fourth-order valence-electron chi connectivity index (χ4n) is 3.92. The molecule has 1 aliphatic heterocycles. The zero-order chi connectivity index (χ0) is 21.5. The van der Waals surface area contributed by atoms with Crippen molar-refractivity contribution in [3.8, 4) is 5.75 Å². The van der Waals surface area contributed by atoms with Crippen molar-refractivity contribution in [3.63, 3.8) is 0 Å². The summed E-state index contributed by atoms with van der Waals surface area (Å²) in [6.07, 6.45) is 1.53. The summed E-state index contributed by atoms with van der Waals surface area (Å²) in [4.78, 5) is 37.2. The predicted octanol–water partition coefficient (Wildman–Crippen LogP) is 3.43. The van der Waals surface area contributed by atoms with Crippen LogP contribution in [0.15, 0.2) is 18.2 Å². The summed E-state index contributed by atoms with van der Waals surface area (Å²) in [5, 5.41) is 4.41. The number of carbonyl (C=O) groups is 2. The Balaban J connectivity index is 1.20. The molecule has 5 rings (SSSR count). The van der Waals surface area contributed by atoms with Gasteiger partial charge < -0.3 is 19.7 Å². The number of fused-ring (bicyclic) bond motifs is 2. The van der Waals surface area contributed by atoms with Crippen molar-refractivity contribution in [1.29, 1.82) is 0 Å². The van der Waals surface area contributed by atoms with Crippen LogP contribution in [0, 0.1) is 5.92 Å². The van der Waals surface area contributed by atoms with E-state index in [1.165, 1.54) is 11.3 Å². The molecule has 0 radical (unpaired) electrons. The van der Waals surface area contributed by atoms with Gasteiger partial charge in [-0.15, -0.1) is 11.3 Å². The molecule has 8 nitrogen and oxygen atoms in total. The number of carbonyl (C=O) groups excluding carboxylic acids is 2. The van der Waals surface area contributed by atoms with Gasteiger partial charge in [0, 0.05) is 24.0 Å². The maximum atomic E-state index is 12.7. The monoisotopic (exact) mass is 458 g/mol. The van der Waals surface area contributed by atoms with Crippen molar-refractivity contribution in [1.82, 2.24) is 9.97 Å². The summed E-state index contributed by atoms with van der Waals surface area (Å²) in [5.41, 5.74) is 1.67. The Kier molecular flexibility index (Phi) is 5.27. The molecule has 1 N–H and O–H groups in total. The highest BCUT2D eigenvalue weighted by Gasteiger charge is 2.37. The maximum absolute atomic E-state index is 12.7. The van der Waals surface area contributed by atoms with E-state index < -0.39 is 0 Å². The summed E-state index contributed by atoms with van der Waals surface area (Å²) in [6.45, 7) is 3.41. The molecular formula is C21H22N4O4S2. The smallest absolute Gasteiger partial charge is 0.315 e. The molecule has 31 heavy (non-hydrogen) atoms. The summed E-state index contributed by atoms with van der Waals surface area (Å²) >= 11 is 3.07. The number of hydrogen-bond acceptors (Lipinski definition) is 9. The molecule has 1 aromatic carbocycles. The van der Waals surface area contributed by atoms with Gasteiger partial charge >= 0.3 is 5.97 Å². The van der Waals surface area contributed by atoms with E-state index in [4.69, 9.17) is 9.47 Å². The van der Waals surface area contributed by atoms with Crippen LogP contribution in [-0.2, 0) is 20.7 Å². The summed E-state index contributed by atoms with van der Waals surface area (Å²) in [5.74, 6) is 0.0901. The highest BCUT2D eigenvalue weighted by atomic mass is 32.1. The second-order valence-electron chi connectivity index (χ2n) is 7.59. The highest BCUT2D eigenvalue weighted by molar-refractivity contribution is 7.22. The van der Waals surface area contributed by atoms with Crippen LogP contribution < -0.4 is 15.0 Å². The fraction of sp³-hybridized carbons (Fsp3) is 0.429. The zero-order valence-electron chi connectivity index (χ0n) is 17.2. The third-order valence-electron chi connectivity index (χ3n) is 5.63. The third kappa shape index (κ3) is 3.74. The van der Waals surface area contributed by atoms with Gasteiger partial charge in [0.25, 0.3) is 0 Å². The number of hydrogen-bond donors (Lipinski definition) is 1. The maximum Gasteiger partial charge on any atom is 0.315 e. The van der Waals surface area contributed by atoms with Crippen LogP contribution in [0.3, 0.4) is 0 Å². The normalized spacial score (nSPS) is 18.0. The van der Waals surface area contributed by atoms with Gasteiger partial charge in [0.2, 0.25) is 5.91 Å². The molecule has 1 amide bonds. The number of rotatable bonds is 6. The first-order valence-corrected chi connectivity index (χ1v) is 11.9. The molecule has 0 spiro atoms. The topological polar surface area (TPSA) is 93.7 Å². The molecule has 10 heteroatoms. The number of nitrogens with zero attached hydrogens (tertiary/aromatic N) is 3. The SMILES string of the molecule is CCOC(=O)C1CCc2sc(NC(=O)C3CN(c4nc5cc(OC)ccc5s4)C3)nc21. The number of thiazole rings is 2. The van der Waals surface area contributed by atoms with E-state index in [-0.39, 0.29) is 23.7 Å². The largest absolute Gasteiger partial charge is 0.497 e. The molecule has 1 atom stereocenters. The van der Waals surface area contributed by atoms with E-state index >= 15 is 0 Å². The second kappa shape index (κ2) is 8.08. The van der Waals surface area contributed by atoms with Gasteiger partial charge in [-0.25, -0.2) is 9.97 Å². The van der Waals surface area contributed by atoms with E-state index in [9.17, 15) is 9.59 Å². The lowest BCUT2D eigenvalue weighted by molar-refractivity contribution is -0.145. The Bertz CT molecular complexity index is 1150. The zero-order valence-corrected chi connectivity index (χ0v) is 18.8. The van der Waals surface area contributed by atoms with Crippen LogP contribution in [0.5, 0.6) is 5.75 Å². The van der Waals surface area contributed by atoms with Crippen LogP contribution in [0.2, 0.25) is 0 Å². The molecule has 1 unspecified atom stereocenters. The number of anilines is 2. The Morgan fingerprint density at radius 1 is 1.26 bits per heavy atom. The Hall–Kier alpha value is -2.72. The molecule has 1 fully saturated rings. The lowest BCUT2D eigenvalue weighted by Crippen LogP contribution is -2.52. The minimum atomic E-state index is -0.311. The van der Waals surface area contributed by atoms with Crippen LogP contribution >= 0.6 is 22.7 Å². The summed E-state index contributed by atoms with van der Waals surface area (Å²) in [7, 11) is 1.64. The lowest BCUT2D eigenvalue weighted by Gasteiger charge is -2.37. The van der Waals surface area contributed by atoms with Gasteiger partial charge in [-0.3, -0.25) is 9.59 Å². The lowest BCUT2D eigenvalue weighted by atomic mass is 10.0. The predicted molar refractivity (Wildman–Crippen MR) is 120 cm³/mol. The number of nitrogens with one attached hydrogen (secondary N) is 1. The number of esters is 1. The Labute approximate surface area is 187 Å². The van der Waals surface area contributed by atoms with Crippen LogP contribution in [0.1, 0.15) is 29.8 Å². The molecule has 162 valence electrons. The van der Waals surface area contributed by atoms with Crippen molar-refractivity contribution in [2.75, 3.05) is 37.0 Å². The molecule has 2 aromatic heterocycles. The Morgan fingerprint density at radius 2 is 2.10 bits per heavy atom. The van der Waals surface area contributed by atoms with Crippen LogP contribution in [0.25, 0.3) is 10.2 Å². The van der Waals surface area contributed by atoms with E-state index in [0.29, 0.717) is 24.8 Å². The van der Waals surface area contributed by atoms with E-state index in [1.54, 1.807) is 25.4 Å². The van der Waals surface area contributed by atoms with E-state index in [1.807, 2.05) is 18.2 Å². The van der Waals surface area contributed by atoms with Crippen molar-refractivity contribution >= 4 is 55.0 Å². The molecule has 3 aromatic rings.